The number of esters is 1. The molecule has 156 valence electrons. The SMILES string of the molecule is CCOC(=O)c1c(NC(=O)C(C)n2nc(C)c([N+](=O)[O-])c2C)sc(C(C)=O)c1C. The Bertz CT molecular complexity index is 1010. The highest BCUT2D eigenvalue weighted by molar-refractivity contribution is 7.18. The second kappa shape index (κ2) is 8.52. The number of hydrogen-bond acceptors (Lipinski definition) is 8. The van der Waals surface area contributed by atoms with Gasteiger partial charge in [0.2, 0.25) is 5.91 Å². The number of hydrogen-bond donors (Lipinski definition) is 1. The van der Waals surface area contributed by atoms with Crippen LogP contribution in [0.4, 0.5) is 10.7 Å². The van der Waals surface area contributed by atoms with Crippen molar-refractivity contribution >= 4 is 39.7 Å². The third-order valence-electron chi connectivity index (χ3n) is 4.40. The van der Waals surface area contributed by atoms with E-state index < -0.39 is 22.8 Å². The largest absolute Gasteiger partial charge is 0.462 e. The first-order valence-electron chi connectivity index (χ1n) is 8.83. The number of thiophene rings is 1. The summed E-state index contributed by atoms with van der Waals surface area (Å²) in [6.07, 6.45) is 0. The Morgan fingerprint density at radius 1 is 1.31 bits per heavy atom. The summed E-state index contributed by atoms with van der Waals surface area (Å²) in [6, 6.07) is -0.888. The molecule has 1 atom stereocenters. The quantitative estimate of drug-likeness (QED) is 0.313. The number of nitrogens with one attached hydrogen (secondary N) is 1. The first kappa shape index (κ1) is 22.2. The van der Waals surface area contributed by atoms with E-state index in [1.165, 1.54) is 32.4 Å². The van der Waals surface area contributed by atoms with E-state index in [2.05, 4.69) is 10.4 Å². The fourth-order valence-electron chi connectivity index (χ4n) is 3.01. The summed E-state index contributed by atoms with van der Waals surface area (Å²) >= 11 is 0.987. The smallest absolute Gasteiger partial charge is 0.341 e. The maximum atomic E-state index is 12.8. The molecule has 2 aromatic heterocycles. The number of aromatic nitrogens is 2. The van der Waals surface area contributed by atoms with Gasteiger partial charge in [-0.3, -0.25) is 24.4 Å². The molecule has 0 spiro atoms. The van der Waals surface area contributed by atoms with Gasteiger partial charge in [-0.05, 0) is 47.1 Å². The molecule has 11 heteroatoms. The summed E-state index contributed by atoms with van der Waals surface area (Å²) in [5.41, 5.74) is 0.855. The second-order valence-electron chi connectivity index (χ2n) is 6.42. The number of ketones is 1. The maximum Gasteiger partial charge on any atom is 0.341 e. The molecular formula is C18H22N4O6S. The van der Waals surface area contributed by atoms with Crippen molar-refractivity contribution in [3.05, 3.63) is 37.5 Å². The normalized spacial score (nSPS) is 11.8. The van der Waals surface area contributed by atoms with Crippen LogP contribution in [0.15, 0.2) is 0 Å². The van der Waals surface area contributed by atoms with Crippen LogP contribution in [0.25, 0.3) is 0 Å². The van der Waals surface area contributed by atoms with Crippen LogP contribution in [0.5, 0.6) is 0 Å². The monoisotopic (exact) mass is 422 g/mol. The van der Waals surface area contributed by atoms with Gasteiger partial charge < -0.3 is 10.1 Å². The highest BCUT2D eigenvalue weighted by Crippen LogP contribution is 2.35. The molecular weight excluding hydrogens is 400 g/mol. The number of carbonyl (C=O) groups is 3. The summed E-state index contributed by atoms with van der Waals surface area (Å²) in [6.45, 7) is 9.32. The van der Waals surface area contributed by atoms with Crippen LogP contribution in [-0.4, -0.2) is 39.0 Å². The molecule has 1 unspecified atom stereocenters. The Balaban J connectivity index is 2.41. The van der Waals surface area contributed by atoms with E-state index in [9.17, 15) is 24.5 Å². The zero-order chi connectivity index (χ0) is 22.0. The van der Waals surface area contributed by atoms with E-state index in [1.54, 1.807) is 13.8 Å². The number of anilines is 1. The van der Waals surface area contributed by atoms with Crippen molar-refractivity contribution in [2.45, 2.75) is 47.6 Å². The van der Waals surface area contributed by atoms with E-state index in [4.69, 9.17) is 4.74 Å². The molecule has 2 rings (SSSR count). The van der Waals surface area contributed by atoms with Crippen LogP contribution in [0.2, 0.25) is 0 Å². The molecule has 0 aromatic carbocycles. The molecule has 0 fully saturated rings. The van der Waals surface area contributed by atoms with Gasteiger partial charge in [-0.1, -0.05) is 0 Å². The van der Waals surface area contributed by atoms with Crippen LogP contribution >= 0.6 is 11.3 Å². The molecule has 2 heterocycles. The van der Waals surface area contributed by atoms with Crippen molar-refractivity contribution in [3.8, 4) is 0 Å². The van der Waals surface area contributed by atoms with Crippen molar-refractivity contribution in [3.63, 3.8) is 0 Å². The fraction of sp³-hybridized carbons (Fsp3) is 0.444. The zero-order valence-corrected chi connectivity index (χ0v) is 17.8. The van der Waals surface area contributed by atoms with Crippen LogP contribution in [-0.2, 0) is 9.53 Å². The molecule has 0 bridgehead atoms. The molecule has 0 aliphatic heterocycles. The Morgan fingerprint density at radius 3 is 2.41 bits per heavy atom. The van der Waals surface area contributed by atoms with Crippen molar-refractivity contribution in [1.29, 1.82) is 0 Å². The van der Waals surface area contributed by atoms with Gasteiger partial charge in [0.05, 0.1) is 22.0 Å². The minimum Gasteiger partial charge on any atom is -0.462 e. The van der Waals surface area contributed by atoms with Gasteiger partial charge in [-0.2, -0.15) is 5.10 Å². The van der Waals surface area contributed by atoms with E-state index in [-0.39, 0.29) is 40.0 Å². The molecule has 0 aliphatic carbocycles. The Kier molecular flexibility index (Phi) is 6.52. The number of ether oxygens (including phenoxy) is 1. The molecule has 0 saturated heterocycles. The minimum atomic E-state index is -0.888. The number of carbonyl (C=O) groups excluding carboxylic acids is 3. The first-order chi connectivity index (χ1) is 13.5. The molecule has 10 nitrogen and oxygen atoms in total. The predicted molar refractivity (Wildman–Crippen MR) is 107 cm³/mol. The van der Waals surface area contributed by atoms with E-state index in [1.807, 2.05) is 0 Å². The first-order valence-corrected chi connectivity index (χ1v) is 9.65. The summed E-state index contributed by atoms with van der Waals surface area (Å²) in [5, 5.41) is 18.1. The summed E-state index contributed by atoms with van der Waals surface area (Å²) < 4.78 is 6.31. The lowest BCUT2D eigenvalue weighted by molar-refractivity contribution is -0.386. The lowest BCUT2D eigenvalue weighted by atomic mass is 10.1. The molecule has 1 amide bonds. The van der Waals surface area contributed by atoms with Crippen LogP contribution in [0.1, 0.15) is 63.8 Å². The van der Waals surface area contributed by atoms with Gasteiger partial charge in [-0.25, -0.2) is 4.79 Å². The number of nitrogens with zero attached hydrogens (tertiary/aromatic N) is 3. The van der Waals surface area contributed by atoms with Crippen molar-refractivity contribution in [1.82, 2.24) is 9.78 Å². The molecule has 0 saturated carbocycles. The molecule has 0 aliphatic rings. The second-order valence-corrected chi connectivity index (χ2v) is 7.44. The number of aryl methyl sites for hydroxylation is 1. The average molecular weight is 422 g/mol. The number of Topliss-reactive ketones (excluding diaryl/α,β-unsaturated/α-hetero) is 1. The Hall–Kier alpha value is -3.08. The van der Waals surface area contributed by atoms with Gasteiger partial charge in [0.1, 0.15) is 22.4 Å². The summed E-state index contributed by atoms with van der Waals surface area (Å²) in [5.74, 6) is -1.41. The Morgan fingerprint density at radius 2 is 1.93 bits per heavy atom. The van der Waals surface area contributed by atoms with Gasteiger partial charge in [-0.15, -0.1) is 11.3 Å². The molecule has 29 heavy (non-hydrogen) atoms. The third-order valence-corrected chi connectivity index (χ3v) is 5.71. The van der Waals surface area contributed by atoms with Crippen molar-refractivity contribution in [2.75, 3.05) is 11.9 Å². The zero-order valence-electron chi connectivity index (χ0n) is 17.0. The Labute approximate surface area is 171 Å². The van der Waals surface area contributed by atoms with Gasteiger partial charge in [0.25, 0.3) is 0 Å². The predicted octanol–water partition coefficient (Wildman–Crippen LogP) is 3.36. The van der Waals surface area contributed by atoms with Crippen molar-refractivity contribution < 1.29 is 24.0 Å². The number of rotatable bonds is 7. The molecule has 0 radical (unpaired) electrons. The van der Waals surface area contributed by atoms with Crippen LogP contribution in [0, 0.1) is 30.9 Å². The molecule has 1 N–H and O–H groups in total. The van der Waals surface area contributed by atoms with Crippen LogP contribution in [0.3, 0.4) is 0 Å². The van der Waals surface area contributed by atoms with E-state index in [0.29, 0.717) is 10.4 Å². The molecule has 2 aromatic rings. The summed E-state index contributed by atoms with van der Waals surface area (Å²) in [7, 11) is 0. The van der Waals surface area contributed by atoms with Crippen molar-refractivity contribution in [2.24, 2.45) is 0 Å². The highest BCUT2D eigenvalue weighted by Gasteiger charge is 2.30. The van der Waals surface area contributed by atoms with Gasteiger partial charge in [0.15, 0.2) is 5.78 Å². The lowest BCUT2D eigenvalue weighted by Gasteiger charge is -2.14. The number of nitro groups is 1. The van der Waals surface area contributed by atoms with Gasteiger partial charge >= 0.3 is 11.7 Å². The maximum absolute atomic E-state index is 12.8. The van der Waals surface area contributed by atoms with Crippen LogP contribution < -0.4 is 5.32 Å². The third kappa shape index (κ3) is 4.19. The standard InChI is InChI=1S/C18H22N4O6S/c1-7-28-18(25)13-8(2)15(12(6)23)29-17(13)19-16(24)11(5)21-10(4)14(22(26)27)9(3)20-21/h11H,7H2,1-6H3,(H,19,24). The fourth-order valence-corrected chi connectivity index (χ4v) is 4.10. The average Bonchev–Trinajstić information content (AvgIpc) is 3.10. The van der Waals surface area contributed by atoms with Gasteiger partial charge in [0, 0.05) is 0 Å². The topological polar surface area (TPSA) is 133 Å². The highest BCUT2D eigenvalue weighted by atomic mass is 32.1. The lowest BCUT2D eigenvalue weighted by Crippen LogP contribution is -2.25. The van der Waals surface area contributed by atoms with E-state index in [0.717, 1.165) is 11.3 Å². The van der Waals surface area contributed by atoms with E-state index >= 15 is 0 Å². The number of amides is 1. The minimum absolute atomic E-state index is 0.127. The summed E-state index contributed by atoms with van der Waals surface area (Å²) in [4.78, 5) is 48.0.